The Kier molecular flexibility index (Phi) is 10.4. The van der Waals surface area contributed by atoms with Crippen LogP contribution in [0.1, 0.15) is 58.4 Å². The molecule has 0 spiro atoms. The molecule has 2 heterocycles. The molecule has 2 fully saturated rings. The van der Waals surface area contributed by atoms with Crippen molar-refractivity contribution in [2.24, 2.45) is 5.92 Å². The Morgan fingerprint density at radius 2 is 1.79 bits per heavy atom. The second-order valence-corrected chi connectivity index (χ2v) is 9.32. The van der Waals surface area contributed by atoms with Gasteiger partial charge in [0.05, 0.1) is 19.4 Å². The van der Waals surface area contributed by atoms with Gasteiger partial charge in [0.25, 0.3) is 0 Å². The van der Waals surface area contributed by atoms with Crippen LogP contribution >= 0.6 is 0 Å². The number of ether oxygens (including phenoxy) is 2. The van der Waals surface area contributed by atoms with Gasteiger partial charge < -0.3 is 14.8 Å². The normalized spacial score (nSPS) is 18.7. The second kappa shape index (κ2) is 13.0. The molecule has 1 N–H and O–H groups in total. The van der Waals surface area contributed by atoms with E-state index in [1.807, 2.05) is 30.3 Å². The van der Waals surface area contributed by atoms with Gasteiger partial charge in [-0.3, -0.25) is 19.2 Å². The average Bonchev–Trinajstić information content (AvgIpc) is 2.75. The number of imide groups is 1. The molecule has 0 aliphatic carbocycles. The van der Waals surface area contributed by atoms with E-state index in [0.717, 1.165) is 23.3 Å². The Labute approximate surface area is 200 Å². The average molecular weight is 475 g/mol. The Hall–Kier alpha value is -3.07. The van der Waals surface area contributed by atoms with Crippen LogP contribution in [-0.4, -0.2) is 59.7 Å². The molecule has 0 aromatic heterocycles. The van der Waals surface area contributed by atoms with Crippen molar-refractivity contribution in [1.29, 1.82) is 0 Å². The topological polar surface area (TPSA) is 119 Å². The summed E-state index contributed by atoms with van der Waals surface area (Å²) in [5.41, 5.74) is 0.530. The Balaban J connectivity index is 0.000000248. The van der Waals surface area contributed by atoms with E-state index in [2.05, 4.69) is 5.32 Å². The van der Waals surface area contributed by atoms with E-state index >= 15 is 0 Å². The van der Waals surface area contributed by atoms with Gasteiger partial charge in [-0.25, -0.2) is 9.69 Å². The third-order valence-corrected chi connectivity index (χ3v) is 5.17. The fourth-order valence-corrected chi connectivity index (χ4v) is 3.40. The molecule has 2 saturated heterocycles. The summed E-state index contributed by atoms with van der Waals surface area (Å²) < 4.78 is 10.6. The van der Waals surface area contributed by atoms with E-state index < -0.39 is 17.6 Å². The standard InChI is InChI=1S/C15H19NO3.C10H15NO4/c17-14-9-15(18)16-10-13(14)7-4-8-19-11-12-5-2-1-3-6-12;1-10(2,3)15-9(14)11-5-4-7(12)6-8(11)13/h1-3,5-6,13H,4,7-11H2,(H,16,18);4-6H2,1-3H3. The summed E-state index contributed by atoms with van der Waals surface area (Å²) in [6, 6.07) is 10.0. The van der Waals surface area contributed by atoms with Gasteiger partial charge in [0.1, 0.15) is 17.2 Å². The van der Waals surface area contributed by atoms with Crippen molar-refractivity contribution in [3.8, 4) is 0 Å². The third-order valence-electron chi connectivity index (χ3n) is 5.17. The van der Waals surface area contributed by atoms with Crippen molar-refractivity contribution < 1.29 is 33.4 Å². The Morgan fingerprint density at radius 1 is 1.09 bits per heavy atom. The van der Waals surface area contributed by atoms with Crippen LogP contribution in [0, 0.1) is 5.92 Å². The SMILES string of the molecule is CC(C)(C)OC(=O)N1CCC(=O)CC1=O.O=C1CC(=O)C(CCCOCc2ccccc2)CN1. The number of amides is 3. The molecule has 3 amide bonds. The third kappa shape index (κ3) is 9.82. The fraction of sp³-hybridized carbons (Fsp3) is 0.560. The number of ketones is 2. The van der Waals surface area contributed by atoms with Crippen LogP contribution in [0.2, 0.25) is 0 Å². The van der Waals surface area contributed by atoms with E-state index in [1.165, 1.54) is 0 Å². The highest BCUT2D eigenvalue weighted by Gasteiger charge is 2.31. The van der Waals surface area contributed by atoms with E-state index in [1.54, 1.807) is 20.8 Å². The van der Waals surface area contributed by atoms with Crippen LogP contribution in [0.4, 0.5) is 4.79 Å². The number of piperidine rings is 2. The first-order valence-corrected chi connectivity index (χ1v) is 11.5. The zero-order valence-electron chi connectivity index (χ0n) is 20.1. The molecule has 34 heavy (non-hydrogen) atoms. The number of hydrogen-bond acceptors (Lipinski definition) is 7. The highest BCUT2D eigenvalue weighted by molar-refractivity contribution is 6.05. The molecule has 1 atom stereocenters. The van der Waals surface area contributed by atoms with Gasteiger partial charge in [0, 0.05) is 32.0 Å². The maximum atomic E-state index is 11.6. The van der Waals surface area contributed by atoms with Crippen LogP contribution in [-0.2, 0) is 35.3 Å². The Bertz CT molecular complexity index is 877. The number of carbonyl (C=O) groups is 5. The lowest BCUT2D eigenvalue weighted by atomic mass is 9.93. The fourth-order valence-electron chi connectivity index (χ4n) is 3.40. The van der Waals surface area contributed by atoms with E-state index in [9.17, 15) is 24.0 Å². The van der Waals surface area contributed by atoms with Gasteiger partial charge in [0.2, 0.25) is 11.8 Å². The molecule has 3 rings (SSSR count). The molecule has 1 aromatic rings. The molecule has 2 aliphatic heterocycles. The van der Waals surface area contributed by atoms with Crippen molar-refractivity contribution in [1.82, 2.24) is 10.2 Å². The quantitative estimate of drug-likeness (QED) is 0.497. The predicted molar refractivity (Wildman–Crippen MR) is 124 cm³/mol. The van der Waals surface area contributed by atoms with Crippen molar-refractivity contribution in [3.63, 3.8) is 0 Å². The number of benzene rings is 1. The predicted octanol–water partition coefficient (Wildman–Crippen LogP) is 2.80. The first-order chi connectivity index (χ1) is 16.0. The van der Waals surface area contributed by atoms with Crippen LogP contribution in [0.25, 0.3) is 0 Å². The van der Waals surface area contributed by atoms with Gasteiger partial charge in [-0.05, 0) is 39.2 Å². The van der Waals surface area contributed by atoms with Crippen LogP contribution in [0.15, 0.2) is 30.3 Å². The van der Waals surface area contributed by atoms with Crippen molar-refractivity contribution in [2.45, 2.75) is 65.1 Å². The van der Waals surface area contributed by atoms with Gasteiger partial charge >= 0.3 is 6.09 Å². The lowest BCUT2D eigenvalue weighted by molar-refractivity contribution is -0.138. The lowest BCUT2D eigenvalue weighted by Gasteiger charge is -2.27. The minimum absolute atomic E-state index is 0.0296. The number of Topliss-reactive ketones (excluding diaryl/α,β-unsaturated/α-hetero) is 2. The van der Waals surface area contributed by atoms with E-state index in [-0.39, 0.29) is 49.2 Å². The molecule has 0 radical (unpaired) electrons. The van der Waals surface area contributed by atoms with E-state index in [4.69, 9.17) is 9.47 Å². The summed E-state index contributed by atoms with van der Waals surface area (Å²) >= 11 is 0. The summed E-state index contributed by atoms with van der Waals surface area (Å²) in [4.78, 5) is 57.3. The molecular formula is C25H34N2O7. The minimum atomic E-state index is -0.667. The molecule has 9 heteroatoms. The maximum Gasteiger partial charge on any atom is 0.417 e. The highest BCUT2D eigenvalue weighted by atomic mass is 16.6. The second-order valence-electron chi connectivity index (χ2n) is 9.32. The zero-order chi connectivity index (χ0) is 25.1. The summed E-state index contributed by atoms with van der Waals surface area (Å²) in [5.74, 6) is -0.716. The summed E-state index contributed by atoms with van der Waals surface area (Å²) in [6.07, 6.45) is 1.03. The molecule has 9 nitrogen and oxygen atoms in total. The molecular weight excluding hydrogens is 440 g/mol. The number of hydrogen-bond donors (Lipinski definition) is 1. The zero-order valence-corrected chi connectivity index (χ0v) is 20.1. The number of rotatable bonds is 6. The van der Waals surface area contributed by atoms with Gasteiger partial charge in [-0.15, -0.1) is 0 Å². The number of likely N-dealkylation sites (tertiary alicyclic amines) is 1. The van der Waals surface area contributed by atoms with Gasteiger partial charge in [-0.2, -0.15) is 0 Å². The lowest BCUT2D eigenvalue weighted by Crippen LogP contribution is -2.45. The summed E-state index contributed by atoms with van der Waals surface area (Å²) in [6.45, 7) is 7.05. The molecule has 0 bridgehead atoms. The summed E-state index contributed by atoms with van der Waals surface area (Å²) in [7, 11) is 0. The van der Waals surface area contributed by atoms with Crippen LogP contribution in [0.5, 0.6) is 0 Å². The van der Waals surface area contributed by atoms with Crippen molar-refractivity contribution >= 4 is 29.5 Å². The smallest absolute Gasteiger partial charge is 0.417 e. The van der Waals surface area contributed by atoms with E-state index in [0.29, 0.717) is 19.8 Å². The molecule has 186 valence electrons. The Morgan fingerprint density at radius 3 is 2.41 bits per heavy atom. The number of nitrogens with zero attached hydrogens (tertiary/aromatic N) is 1. The number of nitrogens with one attached hydrogen (secondary N) is 1. The van der Waals surface area contributed by atoms with Crippen molar-refractivity contribution in [2.75, 3.05) is 19.7 Å². The number of carbonyl (C=O) groups excluding carboxylic acids is 5. The maximum absolute atomic E-state index is 11.6. The largest absolute Gasteiger partial charge is 0.443 e. The monoisotopic (exact) mass is 474 g/mol. The first-order valence-electron chi connectivity index (χ1n) is 11.5. The van der Waals surface area contributed by atoms with Gasteiger partial charge in [-0.1, -0.05) is 30.3 Å². The van der Waals surface area contributed by atoms with Crippen LogP contribution < -0.4 is 5.32 Å². The highest BCUT2D eigenvalue weighted by Crippen LogP contribution is 2.15. The van der Waals surface area contributed by atoms with Gasteiger partial charge in [0.15, 0.2) is 0 Å². The van der Waals surface area contributed by atoms with Crippen molar-refractivity contribution in [3.05, 3.63) is 35.9 Å². The molecule has 1 aromatic carbocycles. The molecule has 0 saturated carbocycles. The molecule has 2 aliphatic rings. The summed E-state index contributed by atoms with van der Waals surface area (Å²) in [5, 5.41) is 2.73. The minimum Gasteiger partial charge on any atom is -0.443 e. The van der Waals surface area contributed by atoms with Crippen LogP contribution in [0.3, 0.4) is 0 Å². The first kappa shape index (κ1) is 27.2. The molecule has 1 unspecified atom stereocenters.